The Bertz CT molecular complexity index is 644. The largest absolute Gasteiger partial charge is 0.383 e. The third-order valence-electron chi connectivity index (χ3n) is 5.40. The Kier molecular flexibility index (Phi) is 5.32. The molecule has 25 heavy (non-hydrogen) atoms. The first-order chi connectivity index (χ1) is 12.1. The van der Waals surface area contributed by atoms with E-state index >= 15 is 0 Å². The van der Waals surface area contributed by atoms with Crippen LogP contribution in [-0.4, -0.2) is 66.5 Å². The Morgan fingerprint density at radius 2 is 2.08 bits per heavy atom. The number of rotatable bonds is 4. The lowest BCUT2D eigenvalue weighted by Crippen LogP contribution is -2.54. The monoisotopic (exact) mass is 349 g/mol. The Morgan fingerprint density at radius 1 is 1.32 bits per heavy atom. The molecule has 7 heteroatoms. The standard InChI is InChI=1S/C18H24FN3O3/c1-25-12-11-22-8-2-4-18(17(22)24)5-9-21(10-6-18)16(23)14-3-7-20-13-15(14)19/h3,7,13H,2,4-6,8-12H2,1H3. The van der Waals surface area contributed by atoms with Gasteiger partial charge in [0.15, 0.2) is 5.82 Å². The van der Waals surface area contributed by atoms with Gasteiger partial charge in [0.1, 0.15) is 0 Å². The fourth-order valence-electron chi connectivity index (χ4n) is 3.89. The predicted molar refractivity (Wildman–Crippen MR) is 89.5 cm³/mol. The minimum Gasteiger partial charge on any atom is -0.383 e. The van der Waals surface area contributed by atoms with Crippen molar-refractivity contribution in [3.63, 3.8) is 0 Å². The quantitative estimate of drug-likeness (QED) is 0.830. The molecule has 0 saturated carbocycles. The number of halogens is 1. The van der Waals surface area contributed by atoms with Crippen molar-refractivity contribution >= 4 is 11.8 Å². The first kappa shape index (κ1) is 17.8. The van der Waals surface area contributed by atoms with Crippen LogP contribution in [0.1, 0.15) is 36.0 Å². The highest BCUT2D eigenvalue weighted by molar-refractivity contribution is 5.94. The van der Waals surface area contributed by atoms with E-state index < -0.39 is 5.82 Å². The van der Waals surface area contributed by atoms with Gasteiger partial charge in [-0.05, 0) is 31.7 Å². The maximum atomic E-state index is 13.8. The van der Waals surface area contributed by atoms with Gasteiger partial charge in [-0.3, -0.25) is 14.6 Å². The predicted octanol–water partition coefficient (Wildman–Crippen LogP) is 1.71. The number of methoxy groups -OCH3 is 1. The number of ether oxygens (including phenoxy) is 1. The van der Waals surface area contributed by atoms with Crippen molar-refractivity contribution in [2.75, 3.05) is 39.9 Å². The zero-order chi connectivity index (χ0) is 17.9. The van der Waals surface area contributed by atoms with Gasteiger partial charge in [-0.25, -0.2) is 4.39 Å². The molecule has 0 radical (unpaired) electrons. The fraction of sp³-hybridized carbons (Fsp3) is 0.611. The summed E-state index contributed by atoms with van der Waals surface area (Å²) in [6.07, 6.45) is 5.57. The number of pyridine rings is 1. The van der Waals surface area contributed by atoms with E-state index in [9.17, 15) is 14.0 Å². The molecule has 0 aliphatic carbocycles. The summed E-state index contributed by atoms with van der Waals surface area (Å²) < 4.78 is 18.9. The average molecular weight is 349 g/mol. The van der Waals surface area contributed by atoms with Crippen molar-refractivity contribution in [3.05, 3.63) is 29.8 Å². The molecule has 1 aromatic rings. The number of piperidine rings is 2. The van der Waals surface area contributed by atoms with Gasteiger partial charge < -0.3 is 14.5 Å². The Morgan fingerprint density at radius 3 is 2.76 bits per heavy atom. The van der Waals surface area contributed by atoms with Gasteiger partial charge in [0.2, 0.25) is 5.91 Å². The van der Waals surface area contributed by atoms with E-state index in [1.165, 1.54) is 12.3 Å². The summed E-state index contributed by atoms with van der Waals surface area (Å²) >= 11 is 0. The van der Waals surface area contributed by atoms with Crippen LogP contribution in [0.25, 0.3) is 0 Å². The number of carbonyl (C=O) groups is 2. The molecular formula is C18H24FN3O3. The third-order valence-corrected chi connectivity index (χ3v) is 5.40. The molecule has 2 fully saturated rings. The summed E-state index contributed by atoms with van der Waals surface area (Å²) in [4.78, 5) is 32.6. The number of likely N-dealkylation sites (tertiary alicyclic amines) is 2. The lowest BCUT2D eigenvalue weighted by molar-refractivity contribution is -0.150. The summed E-state index contributed by atoms with van der Waals surface area (Å²) in [6.45, 7) is 2.87. The summed E-state index contributed by atoms with van der Waals surface area (Å²) in [7, 11) is 1.63. The van der Waals surface area contributed by atoms with Crippen LogP contribution in [0.4, 0.5) is 4.39 Å². The summed E-state index contributed by atoms with van der Waals surface area (Å²) in [5.74, 6) is -0.750. The summed E-state index contributed by atoms with van der Waals surface area (Å²) in [5.41, 5.74) is -0.331. The van der Waals surface area contributed by atoms with Crippen molar-refractivity contribution in [1.29, 1.82) is 0 Å². The number of amides is 2. The van der Waals surface area contributed by atoms with Gasteiger partial charge in [0, 0.05) is 39.5 Å². The van der Waals surface area contributed by atoms with Crippen LogP contribution in [0.2, 0.25) is 0 Å². The number of aromatic nitrogens is 1. The van der Waals surface area contributed by atoms with Crippen LogP contribution in [0, 0.1) is 11.2 Å². The molecule has 136 valence electrons. The number of nitrogens with zero attached hydrogens (tertiary/aromatic N) is 3. The molecule has 3 heterocycles. The van der Waals surface area contributed by atoms with Crippen molar-refractivity contribution in [2.24, 2.45) is 5.41 Å². The number of hydrogen-bond donors (Lipinski definition) is 0. The Balaban J connectivity index is 1.65. The van der Waals surface area contributed by atoms with Crippen LogP contribution in [0.3, 0.4) is 0 Å². The van der Waals surface area contributed by atoms with Crippen LogP contribution in [0.15, 0.2) is 18.5 Å². The van der Waals surface area contributed by atoms with Gasteiger partial charge in [-0.2, -0.15) is 0 Å². The highest BCUT2D eigenvalue weighted by Gasteiger charge is 2.46. The second-order valence-electron chi connectivity index (χ2n) is 6.82. The van der Waals surface area contributed by atoms with Gasteiger partial charge in [-0.1, -0.05) is 0 Å². The number of hydrogen-bond acceptors (Lipinski definition) is 4. The first-order valence-corrected chi connectivity index (χ1v) is 8.74. The van der Waals surface area contributed by atoms with E-state index in [0.717, 1.165) is 25.6 Å². The second kappa shape index (κ2) is 7.47. The van der Waals surface area contributed by atoms with E-state index in [2.05, 4.69) is 4.98 Å². The van der Waals surface area contributed by atoms with E-state index in [4.69, 9.17) is 4.74 Å². The van der Waals surface area contributed by atoms with Gasteiger partial charge in [-0.15, -0.1) is 0 Å². The molecular weight excluding hydrogens is 325 g/mol. The van der Waals surface area contributed by atoms with Crippen LogP contribution in [-0.2, 0) is 9.53 Å². The topological polar surface area (TPSA) is 62.7 Å². The van der Waals surface area contributed by atoms with E-state index in [0.29, 0.717) is 39.1 Å². The summed E-state index contributed by atoms with van der Waals surface area (Å²) in [5, 5.41) is 0. The van der Waals surface area contributed by atoms with Crippen LogP contribution >= 0.6 is 0 Å². The Hall–Kier alpha value is -2.02. The highest BCUT2D eigenvalue weighted by Crippen LogP contribution is 2.41. The maximum absolute atomic E-state index is 13.8. The number of carbonyl (C=O) groups excluding carboxylic acids is 2. The molecule has 2 aliphatic heterocycles. The molecule has 1 spiro atoms. The van der Waals surface area contributed by atoms with E-state index in [1.54, 1.807) is 12.0 Å². The van der Waals surface area contributed by atoms with E-state index in [-0.39, 0.29) is 22.8 Å². The molecule has 0 bridgehead atoms. The van der Waals surface area contributed by atoms with Crippen molar-refractivity contribution in [1.82, 2.24) is 14.8 Å². The smallest absolute Gasteiger partial charge is 0.256 e. The van der Waals surface area contributed by atoms with Gasteiger partial charge in [0.25, 0.3) is 5.91 Å². The average Bonchev–Trinajstić information content (AvgIpc) is 2.64. The lowest BCUT2D eigenvalue weighted by atomic mass is 9.71. The molecule has 6 nitrogen and oxygen atoms in total. The fourth-order valence-corrected chi connectivity index (χ4v) is 3.89. The van der Waals surface area contributed by atoms with E-state index in [1.807, 2.05) is 4.90 Å². The Labute approximate surface area is 147 Å². The molecule has 0 N–H and O–H groups in total. The molecule has 0 aromatic carbocycles. The molecule has 3 rings (SSSR count). The first-order valence-electron chi connectivity index (χ1n) is 8.74. The van der Waals surface area contributed by atoms with Crippen molar-refractivity contribution < 1.29 is 18.7 Å². The molecule has 2 saturated heterocycles. The maximum Gasteiger partial charge on any atom is 0.256 e. The molecule has 0 unspecified atom stereocenters. The normalized spacial score (nSPS) is 20.2. The zero-order valence-electron chi connectivity index (χ0n) is 14.5. The second-order valence-corrected chi connectivity index (χ2v) is 6.82. The minimum atomic E-state index is -0.604. The highest BCUT2D eigenvalue weighted by atomic mass is 19.1. The van der Waals surface area contributed by atoms with Crippen molar-refractivity contribution in [2.45, 2.75) is 25.7 Å². The van der Waals surface area contributed by atoms with Crippen LogP contribution in [0.5, 0.6) is 0 Å². The molecule has 0 atom stereocenters. The van der Waals surface area contributed by atoms with Crippen LogP contribution < -0.4 is 0 Å². The molecule has 2 amide bonds. The molecule has 2 aliphatic rings. The minimum absolute atomic E-state index is 0.0441. The third kappa shape index (κ3) is 3.51. The lowest BCUT2D eigenvalue weighted by Gasteiger charge is -2.46. The summed E-state index contributed by atoms with van der Waals surface area (Å²) in [6, 6.07) is 1.40. The zero-order valence-corrected chi connectivity index (χ0v) is 14.5. The van der Waals surface area contributed by atoms with Gasteiger partial charge >= 0.3 is 0 Å². The molecule has 1 aromatic heterocycles. The SMILES string of the molecule is COCCN1CCCC2(CCN(C(=O)c3ccncc3F)CC2)C1=O. The van der Waals surface area contributed by atoms with Gasteiger partial charge in [0.05, 0.1) is 23.8 Å². The van der Waals surface area contributed by atoms with Crippen molar-refractivity contribution in [3.8, 4) is 0 Å².